The summed E-state index contributed by atoms with van der Waals surface area (Å²) in [4.78, 5) is 119. The number of nitrogens with zero attached hydrogens (tertiary/aromatic N) is 4. The summed E-state index contributed by atoms with van der Waals surface area (Å²) in [5.41, 5.74) is 1.50. The number of likely N-dealkylation sites (tertiary alicyclic amines) is 1. The number of anilines is 1. The van der Waals surface area contributed by atoms with Gasteiger partial charge in [-0.15, -0.1) is 0 Å². The van der Waals surface area contributed by atoms with E-state index in [-0.39, 0.29) is 82.7 Å². The van der Waals surface area contributed by atoms with Gasteiger partial charge in [-0.1, -0.05) is 38.5 Å². The number of carboxylic acid groups (broad SMARTS) is 3. The number of hydrogen-bond acceptors (Lipinski definition) is 16. The minimum atomic E-state index is -1.94. The van der Waals surface area contributed by atoms with Crippen molar-refractivity contribution in [2.75, 3.05) is 96.5 Å². The molecule has 3 aliphatic rings. The van der Waals surface area contributed by atoms with E-state index in [2.05, 4.69) is 31.9 Å². The monoisotopic (exact) mass is 1120 g/mol. The van der Waals surface area contributed by atoms with Crippen LogP contribution in [0.2, 0.25) is 0 Å². The molecule has 0 saturated carbocycles. The van der Waals surface area contributed by atoms with Crippen molar-refractivity contribution in [1.82, 2.24) is 46.6 Å². The Labute approximate surface area is 452 Å². The molecule has 1 saturated heterocycles. The summed E-state index contributed by atoms with van der Waals surface area (Å²) in [7, 11) is 0. The summed E-state index contributed by atoms with van der Waals surface area (Å²) in [6.07, 6.45) is 0.0764. The number of amides is 5. The van der Waals surface area contributed by atoms with Gasteiger partial charge >= 0.3 is 23.9 Å². The van der Waals surface area contributed by atoms with E-state index < -0.39 is 120 Å². The van der Waals surface area contributed by atoms with Gasteiger partial charge in [-0.3, -0.25) is 58.4 Å². The van der Waals surface area contributed by atoms with Crippen LogP contribution in [0, 0.1) is 35.1 Å². The summed E-state index contributed by atoms with van der Waals surface area (Å²) in [6.45, 7) is 4.66. The molecule has 0 aromatic heterocycles. The third-order valence-electron chi connectivity index (χ3n) is 14.0. The van der Waals surface area contributed by atoms with Gasteiger partial charge in [0.1, 0.15) is 25.4 Å². The standard InChI is InChI=1S/C51H70F4N10O14/c1-3-29(2)46(49(76)60-35-8-7-31-5-4-6-32-21-36(65(47(31)32)50(35)77)51(78)79-48-44(54)33(52)22-34(53)45(48)55)61-38(67)10-14-58-37(66)9-13-59-39(68)25-64(28-43(74)75)40(69)26-62-17-11-30(12-18-62)23-56-15-19-63(27-42(72)73)20-16-57-24-41(70)71/h4-6,22,29-30,35-36,46,49,56-57,60,76H,3,7-21,23-28H2,1-2H3,(H,58,66)(H,59,68)(H,61,67)(H,70,71)(H,72,73)(H,74,75)/t29-,35-,36-,46-,49?/m0/s1. The van der Waals surface area contributed by atoms with Gasteiger partial charge in [-0.2, -0.15) is 8.78 Å². The molecular weight excluding hydrogens is 1050 g/mol. The SMILES string of the molecule is CC[C@H](C)[C@H](NC(=O)CCNC(=O)CCNC(=O)CN(CC(=O)O)C(=O)CN1CCC(CNCCN(CCNCC(=O)O)CC(=O)O)CC1)C(O)N[C@H]1CCc2cccc3c2N(C1=O)[C@H](C(=O)Oc1c(F)c(F)cc(F)c1F)C3. The zero-order valence-corrected chi connectivity index (χ0v) is 44.0. The second-order valence-electron chi connectivity index (χ2n) is 19.8. The predicted octanol–water partition coefficient (Wildman–Crippen LogP) is -0.852. The molecule has 0 bridgehead atoms. The van der Waals surface area contributed by atoms with Crippen LogP contribution in [0.1, 0.15) is 63.5 Å². The summed E-state index contributed by atoms with van der Waals surface area (Å²) in [5.74, 6) is -17.1. The van der Waals surface area contributed by atoms with E-state index in [0.29, 0.717) is 69.0 Å². The fraction of sp³-hybridized carbons (Fsp3) is 0.588. The number of carbonyl (C=O) groups excluding carboxylic acids is 6. The number of carbonyl (C=O) groups is 9. The predicted molar refractivity (Wildman–Crippen MR) is 272 cm³/mol. The Bertz CT molecular complexity index is 2500. The quantitative estimate of drug-likeness (QED) is 0.0107. The number of aryl methyl sites for hydroxylation is 1. The largest absolute Gasteiger partial charge is 0.480 e. The Morgan fingerprint density at radius 3 is 2.04 bits per heavy atom. The number of esters is 1. The second kappa shape index (κ2) is 30.5. The molecule has 1 unspecified atom stereocenters. The molecule has 3 aliphatic heterocycles. The number of aliphatic hydroxyl groups excluding tert-OH is 1. The Balaban J connectivity index is 1.02. The van der Waals surface area contributed by atoms with Crippen molar-refractivity contribution in [1.29, 1.82) is 0 Å². The van der Waals surface area contributed by atoms with E-state index in [1.54, 1.807) is 36.9 Å². The van der Waals surface area contributed by atoms with Crippen molar-refractivity contribution in [3.05, 3.63) is 58.7 Å². The van der Waals surface area contributed by atoms with Crippen LogP contribution in [0.25, 0.3) is 0 Å². The molecular formula is C51H70F4N10O14. The summed E-state index contributed by atoms with van der Waals surface area (Å²) < 4.78 is 61.8. The molecule has 24 nitrogen and oxygen atoms in total. The van der Waals surface area contributed by atoms with Crippen LogP contribution in [0.4, 0.5) is 23.2 Å². The van der Waals surface area contributed by atoms with Crippen LogP contribution in [-0.4, -0.2) is 205 Å². The zero-order chi connectivity index (χ0) is 57.9. The minimum absolute atomic E-state index is 0.0436. The maximum atomic E-state index is 14.5. The zero-order valence-electron chi connectivity index (χ0n) is 44.0. The van der Waals surface area contributed by atoms with Gasteiger partial charge < -0.3 is 56.6 Å². The van der Waals surface area contributed by atoms with Crippen LogP contribution in [-0.2, 0) is 56.0 Å². The van der Waals surface area contributed by atoms with Crippen LogP contribution < -0.4 is 41.5 Å². The number of aliphatic hydroxyl groups is 1. The highest BCUT2D eigenvalue weighted by atomic mass is 19.2. The van der Waals surface area contributed by atoms with Gasteiger partial charge in [0, 0.05) is 64.6 Å². The van der Waals surface area contributed by atoms with Crippen molar-refractivity contribution in [2.24, 2.45) is 11.8 Å². The highest BCUT2D eigenvalue weighted by Crippen LogP contribution is 2.40. The van der Waals surface area contributed by atoms with Crippen LogP contribution in [0.15, 0.2) is 24.3 Å². The number of rotatable bonds is 32. The second-order valence-corrected chi connectivity index (χ2v) is 19.8. The fourth-order valence-corrected chi connectivity index (χ4v) is 9.56. The van der Waals surface area contributed by atoms with Crippen LogP contribution >= 0.6 is 0 Å². The van der Waals surface area contributed by atoms with E-state index >= 15 is 0 Å². The molecule has 0 spiro atoms. The number of nitrogens with one attached hydrogen (secondary N) is 6. The van der Waals surface area contributed by atoms with Crippen LogP contribution in [0.3, 0.4) is 0 Å². The van der Waals surface area contributed by atoms with Gasteiger partial charge in [0.05, 0.1) is 37.4 Å². The number of para-hydroxylation sites is 1. The third kappa shape index (κ3) is 18.9. The van der Waals surface area contributed by atoms with Gasteiger partial charge in [0.15, 0.2) is 11.6 Å². The average molecular weight is 1120 g/mol. The molecule has 0 aliphatic carbocycles. The first-order valence-electron chi connectivity index (χ1n) is 26.1. The minimum Gasteiger partial charge on any atom is -0.480 e. The number of halogens is 4. The molecule has 2 aromatic rings. The molecule has 28 heteroatoms. The van der Waals surface area contributed by atoms with Crippen molar-refractivity contribution in [3.63, 3.8) is 0 Å². The number of hydrogen-bond donors (Lipinski definition) is 10. The van der Waals surface area contributed by atoms with E-state index in [1.807, 2.05) is 4.90 Å². The first-order valence-corrected chi connectivity index (χ1v) is 26.1. The van der Waals surface area contributed by atoms with Crippen molar-refractivity contribution in [3.8, 4) is 5.75 Å². The molecule has 0 radical (unpaired) electrons. The first-order chi connectivity index (χ1) is 37.6. The van der Waals surface area contributed by atoms with Gasteiger partial charge in [-0.05, 0) is 68.3 Å². The Kier molecular flexibility index (Phi) is 24.3. The third-order valence-corrected chi connectivity index (χ3v) is 14.0. The number of piperidine rings is 1. The van der Waals surface area contributed by atoms with E-state index in [9.17, 15) is 76.0 Å². The highest BCUT2D eigenvalue weighted by Gasteiger charge is 2.46. The number of aliphatic carboxylic acids is 3. The average Bonchev–Trinajstić information content (AvgIpc) is 3.90. The van der Waals surface area contributed by atoms with E-state index in [1.165, 1.54) is 0 Å². The molecule has 5 rings (SSSR count). The first kappa shape index (κ1) is 63.0. The molecule has 3 heterocycles. The van der Waals surface area contributed by atoms with Crippen molar-refractivity contribution < 1.29 is 85.9 Å². The van der Waals surface area contributed by atoms with E-state index in [0.717, 1.165) is 22.6 Å². The fourth-order valence-electron chi connectivity index (χ4n) is 9.56. The normalized spacial score (nSPS) is 17.5. The molecule has 5 atom stereocenters. The molecule has 10 N–H and O–H groups in total. The maximum Gasteiger partial charge on any atom is 0.335 e. The van der Waals surface area contributed by atoms with Gasteiger partial charge in [0.25, 0.3) is 0 Å². The van der Waals surface area contributed by atoms with Gasteiger partial charge in [0.2, 0.25) is 46.9 Å². The Hall–Kier alpha value is -6.85. The Morgan fingerprint density at radius 1 is 0.785 bits per heavy atom. The molecule has 5 amide bonds. The number of ether oxygens (including phenoxy) is 1. The lowest BCUT2D eigenvalue weighted by atomic mass is 9.96. The topological polar surface area (TPSA) is 329 Å². The number of benzene rings is 2. The van der Waals surface area contributed by atoms with Crippen molar-refractivity contribution in [2.45, 2.75) is 89.6 Å². The summed E-state index contributed by atoms with van der Waals surface area (Å²) >= 11 is 0. The lowest BCUT2D eigenvalue weighted by molar-refractivity contribution is -0.146. The molecule has 436 valence electrons. The lowest BCUT2D eigenvalue weighted by Crippen LogP contribution is -2.59. The number of carboxylic acids is 3. The summed E-state index contributed by atoms with van der Waals surface area (Å²) in [6, 6.07) is 1.31. The Morgan fingerprint density at radius 2 is 1.41 bits per heavy atom. The van der Waals surface area contributed by atoms with E-state index in [4.69, 9.17) is 9.84 Å². The maximum absolute atomic E-state index is 14.5. The highest BCUT2D eigenvalue weighted by molar-refractivity contribution is 6.06. The lowest BCUT2D eigenvalue weighted by Gasteiger charge is -2.33. The van der Waals surface area contributed by atoms with Crippen molar-refractivity contribution >= 4 is 59.1 Å². The molecule has 1 fully saturated rings. The summed E-state index contributed by atoms with van der Waals surface area (Å²) in [5, 5.41) is 55.7. The molecule has 79 heavy (non-hydrogen) atoms. The molecule has 2 aromatic carbocycles. The smallest absolute Gasteiger partial charge is 0.335 e. The van der Waals surface area contributed by atoms with Gasteiger partial charge in [-0.25, -0.2) is 13.6 Å². The van der Waals surface area contributed by atoms with Crippen LogP contribution in [0.5, 0.6) is 5.75 Å².